The summed E-state index contributed by atoms with van der Waals surface area (Å²) in [5.74, 6) is 0.369. The molecule has 0 amide bonds. The van der Waals surface area contributed by atoms with E-state index in [2.05, 4.69) is 15.5 Å². The zero-order valence-electron chi connectivity index (χ0n) is 11.8. The maximum Gasteiger partial charge on any atom is 0.388 e. The molecule has 0 atom stereocenters. The van der Waals surface area contributed by atoms with Crippen molar-refractivity contribution >= 4 is 22.9 Å². The fourth-order valence-corrected chi connectivity index (χ4v) is 1.91. The molecule has 5 nitrogen and oxygen atoms in total. The van der Waals surface area contributed by atoms with E-state index < -0.39 is 0 Å². The smallest absolute Gasteiger partial charge is 0.356 e. The van der Waals surface area contributed by atoms with Crippen LogP contribution in [-0.2, 0) is 0 Å². The Morgan fingerprint density at radius 3 is 2.09 bits per heavy atom. The molecule has 0 spiro atoms. The molecule has 1 aromatic heterocycles. The van der Waals surface area contributed by atoms with Crippen LogP contribution < -0.4 is 10.0 Å². The van der Waals surface area contributed by atoms with E-state index in [-0.39, 0.29) is 7.43 Å². The molecule has 3 aromatic rings. The highest BCUT2D eigenvalue weighted by atomic mass is 16.5. The lowest BCUT2D eigenvalue weighted by Gasteiger charge is -2.05. The number of hydrogen-bond donors (Lipinski definition) is 2. The number of aromatic nitrogens is 1. The molecule has 23 heavy (non-hydrogen) atoms. The van der Waals surface area contributed by atoms with Crippen LogP contribution in [0.4, 0.5) is 22.9 Å². The minimum Gasteiger partial charge on any atom is -0.356 e. The largest absolute Gasteiger partial charge is 0.388 e. The van der Waals surface area contributed by atoms with E-state index in [1.54, 1.807) is 18.2 Å². The van der Waals surface area contributed by atoms with Crippen LogP contribution in [0.1, 0.15) is 7.43 Å². The second-order valence-electron chi connectivity index (χ2n) is 4.64. The normalized spacial score (nSPS) is 10.3. The van der Waals surface area contributed by atoms with Crippen molar-refractivity contribution in [2.75, 3.05) is 5.32 Å². The lowest BCUT2D eigenvalue weighted by atomic mass is 10.2. The zero-order valence-corrected chi connectivity index (χ0v) is 11.8. The molecule has 0 saturated carbocycles. The minimum atomic E-state index is 0. The Morgan fingerprint density at radius 1 is 0.739 bits per heavy atom. The number of nitrogens with one attached hydrogen (secondary N) is 1. The predicted molar refractivity (Wildman–Crippen MR) is 90.9 cm³/mol. The first-order valence-electron chi connectivity index (χ1n) is 6.85. The molecule has 0 bridgehead atoms. The summed E-state index contributed by atoms with van der Waals surface area (Å²) in [6.07, 6.45) is 1.50. The molecule has 3 rings (SSSR count). The van der Waals surface area contributed by atoms with Crippen molar-refractivity contribution < 1.29 is 9.94 Å². The summed E-state index contributed by atoms with van der Waals surface area (Å²) in [6.45, 7) is 0. The van der Waals surface area contributed by atoms with Gasteiger partial charge < -0.3 is 10.5 Å². The Morgan fingerprint density at radius 2 is 1.39 bits per heavy atom. The Kier molecular flexibility index (Phi) is 5.41. The van der Waals surface area contributed by atoms with Crippen LogP contribution >= 0.6 is 0 Å². The van der Waals surface area contributed by atoms with Gasteiger partial charge in [0.15, 0.2) is 0 Å². The third-order valence-electron chi connectivity index (χ3n) is 3.02. The van der Waals surface area contributed by atoms with E-state index in [0.29, 0.717) is 11.5 Å². The first-order chi connectivity index (χ1) is 10.8. The Hall–Kier alpha value is -3.21. The quantitative estimate of drug-likeness (QED) is 0.404. The van der Waals surface area contributed by atoms with Gasteiger partial charge in [0.1, 0.15) is 11.9 Å². The predicted octanol–water partition coefficient (Wildman–Crippen LogP) is 5.01. The molecule has 0 fully saturated rings. The van der Waals surface area contributed by atoms with Crippen molar-refractivity contribution in [3.63, 3.8) is 0 Å². The maximum atomic E-state index is 9.55. The Bertz CT molecular complexity index is 771. The number of rotatable bonds is 4. The molecular formula is C18H19N4O+. The summed E-state index contributed by atoms with van der Waals surface area (Å²) < 4.78 is 0.925. The Balaban J connectivity index is 0.00000192. The summed E-state index contributed by atoms with van der Waals surface area (Å²) in [5, 5.41) is 21.0. The lowest BCUT2D eigenvalue weighted by molar-refractivity contribution is -0.894. The van der Waals surface area contributed by atoms with Gasteiger partial charge in [-0.1, -0.05) is 25.6 Å². The monoisotopic (exact) mass is 307 g/mol. The Labute approximate surface area is 135 Å². The van der Waals surface area contributed by atoms with E-state index in [1.165, 1.54) is 6.20 Å². The second-order valence-corrected chi connectivity index (χ2v) is 4.64. The molecule has 2 N–H and O–H groups in total. The summed E-state index contributed by atoms with van der Waals surface area (Å²) in [4.78, 5) is 0. The SMILES string of the molecule is C.O[n+]1ccccc1N=Nc1ccc(Nc2ccccc2)cc1. The van der Waals surface area contributed by atoms with Gasteiger partial charge >= 0.3 is 5.82 Å². The molecule has 0 aliphatic heterocycles. The van der Waals surface area contributed by atoms with Crippen molar-refractivity contribution in [3.05, 3.63) is 79.0 Å². The molecule has 0 aliphatic carbocycles. The maximum absolute atomic E-state index is 9.55. The van der Waals surface area contributed by atoms with Crippen LogP contribution in [0.5, 0.6) is 0 Å². The van der Waals surface area contributed by atoms with Crippen LogP contribution in [0.25, 0.3) is 0 Å². The van der Waals surface area contributed by atoms with Crippen molar-refractivity contribution in [1.29, 1.82) is 0 Å². The number of para-hydroxylation sites is 1. The van der Waals surface area contributed by atoms with Gasteiger partial charge in [-0.05, 0) is 58.4 Å². The molecule has 116 valence electrons. The van der Waals surface area contributed by atoms with Gasteiger partial charge in [-0.2, -0.15) is 0 Å². The van der Waals surface area contributed by atoms with E-state index >= 15 is 0 Å². The third-order valence-corrected chi connectivity index (χ3v) is 3.02. The number of pyridine rings is 1. The summed E-state index contributed by atoms with van der Waals surface area (Å²) in [5.41, 5.74) is 2.71. The summed E-state index contributed by atoms with van der Waals surface area (Å²) >= 11 is 0. The number of nitrogens with zero attached hydrogens (tertiary/aromatic N) is 3. The fraction of sp³-hybridized carbons (Fsp3) is 0.0556. The van der Waals surface area contributed by atoms with E-state index in [1.807, 2.05) is 54.6 Å². The number of hydrogen-bond acceptors (Lipinski definition) is 4. The fourth-order valence-electron chi connectivity index (χ4n) is 1.91. The van der Waals surface area contributed by atoms with Gasteiger partial charge in [-0.3, -0.25) is 0 Å². The number of benzene rings is 2. The second kappa shape index (κ2) is 7.70. The molecule has 0 aliphatic rings. The summed E-state index contributed by atoms with van der Waals surface area (Å²) in [6, 6.07) is 22.7. The molecule has 1 heterocycles. The van der Waals surface area contributed by atoms with Gasteiger partial charge in [-0.25, -0.2) is 0 Å². The molecule has 2 aromatic carbocycles. The highest BCUT2D eigenvalue weighted by Gasteiger charge is 2.06. The van der Waals surface area contributed by atoms with Crippen molar-refractivity contribution in [2.45, 2.75) is 7.43 Å². The van der Waals surface area contributed by atoms with Gasteiger partial charge in [0, 0.05) is 17.4 Å². The van der Waals surface area contributed by atoms with Crippen LogP contribution in [0.3, 0.4) is 0 Å². The molecular weight excluding hydrogens is 288 g/mol. The molecule has 5 heteroatoms. The average Bonchev–Trinajstić information content (AvgIpc) is 2.56. The lowest BCUT2D eigenvalue weighted by Crippen LogP contribution is -2.28. The average molecular weight is 307 g/mol. The van der Waals surface area contributed by atoms with Gasteiger partial charge in [-0.15, -0.1) is 0 Å². The van der Waals surface area contributed by atoms with Gasteiger partial charge in [0.2, 0.25) is 0 Å². The van der Waals surface area contributed by atoms with Gasteiger partial charge in [0.25, 0.3) is 0 Å². The number of azo groups is 1. The summed E-state index contributed by atoms with van der Waals surface area (Å²) in [7, 11) is 0. The van der Waals surface area contributed by atoms with Gasteiger partial charge in [0.05, 0.1) is 5.11 Å². The standard InChI is InChI=1S/C17H14N4O.CH4/c22-21-13-5-4-8-17(21)20-19-16-11-9-15(10-12-16)18-14-6-2-1-3-7-14;/h1-13,22H;1H4/p+1. The van der Waals surface area contributed by atoms with Crippen LogP contribution in [-0.4, -0.2) is 5.21 Å². The minimum absolute atomic E-state index is 0. The highest BCUT2D eigenvalue weighted by molar-refractivity contribution is 5.61. The van der Waals surface area contributed by atoms with E-state index in [9.17, 15) is 5.21 Å². The van der Waals surface area contributed by atoms with E-state index in [0.717, 1.165) is 16.1 Å². The molecule has 0 radical (unpaired) electrons. The molecule has 0 unspecified atom stereocenters. The van der Waals surface area contributed by atoms with Crippen molar-refractivity contribution in [2.24, 2.45) is 10.2 Å². The van der Waals surface area contributed by atoms with E-state index in [4.69, 9.17) is 0 Å². The topological polar surface area (TPSA) is 60.9 Å². The van der Waals surface area contributed by atoms with Crippen molar-refractivity contribution in [3.8, 4) is 0 Å². The van der Waals surface area contributed by atoms with Crippen molar-refractivity contribution in [1.82, 2.24) is 0 Å². The zero-order chi connectivity index (χ0) is 15.2. The molecule has 0 saturated heterocycles. The van der Waals surface area contributed by atoms with Crippen LogP contribution in [0, 0.1) is 0 Å². The first kappa shape index (κ1) is 16.2. The first-order valence-corrected chi connectivity index (χ1v) is 6.85. The number of anilines is 2. The van der Waals surface area contributed by atoms with Crippen LogP contribution in [0.2, 0.25) is 0 Å². The third kappa shape index (κ3) is 4.38. The highest BCUT2D eigenvalue weighted by Crippen LogP contribution is 2.21. The van der Waals surface area contributed by atoms with Crippen LogP contribution in [0.15, 0.2) is 89.2 Å².